The van der Waals surface area contributed by atoms with Crippen LogP contribution in [0.2, 0.25) is 0 Å². The molecule has 0 unspecified atom stereocenters. The van der Waals surface area contributed by atoms with E-state index in [1.54, 1.807) is 0 Å². The average Bonchev–Trinajstić information content (AvgIpc) is 2.43. The summed E-state index contributed by atoms with van der Waals surface area (Å²) >= 11 is 3.48. The van der Waals surface area contributed by atoms with Gasteiger partial charge < -0.3 is 10.6 Å². The first kappa shape index (κ1) is 13.9. The highest BCUT2D eigenvalue weighted by Gasteiger charge is 1.98. The molecule has 3 nitrogen and oxygen atoms in total. The zero-order valence-corrected chi connectivity index (χ0v) is 12.6. The molecule has 0 aliphatic rings. The molecular weight excluding hydrogens is 302 g/mol. The molecule has 4 heteroatoms. The van der Waals surface area contributed by atoms with E-state index < -0.39 is 0 Å². The zero-order valence-electron chi connectivity index (χ0n) is 11.0. The standard InChI is InChI=1S/C15H18BrN3/c1-2-9-17-14-7-4-8-15(19-14)18-11-12-5-3-6-13(16)10-12/h3-8,10H,2,9,11H2,1H3,(H2,17,18,19). The van der Waals surface area contributed by atoms with Crippen LogP contribution in [0.3, 0.4) is 0 Å². The summed E-state index contributed by atoms with van der Waals surface area (Å²) < 4.78 is 1.10. The lowest BCUT2D eigenvalue weighted by atomic mass is 10.2. The molecule has 0 bridgehead atoms. The van der Waals surface area contributed by atoms with Gasteiger partial charge in [-0.25, -0.2) is 4.98 Å². The number of rotatable bonds is 6. The van der Waals surface area contributed by atoms with E-state index >= 15 is 0 Å². The highest BCUT2D eigenvalue weighted by molar-refractivity contribution is 9.10. The van der Waals surface area contributed by atoms with E-state index in [2.05, 4.69) is 50.6 Å². The molecule has 0 fully saturated rings. The molecule has 1 aromatic carbocycles. The molecule has 1 heterocycles. The van der Waals surface area contributed by atoms with Crippen LogP contribution in [0, 0.1) is 0 Å². The molecule has 0 amide bonds. The highest BCUT2D eigenvalue weighted by Crippen LogP contribution is 2.14. The van der Waals surface area contributed by atoms with Crippen LogP contribution >= 0.6 is 15.9 Å². The van der Waals surface area contributed by atoms with Crippen LogP contribution in [0.1, 0.15) is 18.9 Å². The van der Waals surface area contributed by atoms with Crippen LogP contribution in [-0.2, 0) is 6.54 Å². The summed E-state index contributed by atoms with van der Waals surface area (Å²) in [6, 6.07) is 14.2. The van der Waals surface area contributed by atoms with Gasteiger partial charge in [0.2, 0.25) is 0 Å². The molecule has 2 rings (SSSR count). The molecule has 0 saturated carbocycles. The van der Waals surface area contributed by atoms with Gasteiger partial charge >= 0.3 is 0 Å². The third kappa shape index (κ3) is 4.56. The molecule has 2 aromatic rings. The fraction of sp³-hybridized carbons (Fsp3) is 0.267. The van der Waals surface area contributed by atoms with Crippen molar-refractivity contribution < 1.29 is 0 Å². The maximum absolute atomic E-state index is 4.51. The number of benzene rings is 1. The summed E-state index contributed by atoms with van der Waals surface area (Å²) in [5.41, 5.74) is 1.23. The quantitative estimate of drug-likeness (QED) is 0.834. The van der Waals surface area contributed by atoms with E-state index in [4.69, 9.17) is 0 Å². The zero-order chi connectivity index (χ0) is 13.5. The van der Waals surface area contributed by atoms with Crippen LogP contribution in [0.4, 0.5) is 11.6 Å². The van der Waals surface area contributed by atoms with Gasteiger partial charge in [-0.15, -0.1) is 0 Å². The Kier molecular flexibility index (Phi) is 5.21. The molecule has 0 radical (unpaired) electrons. The average molecular weight is 320 g/mol. The summed E-state index contributed by atoms with van der Waals surface area (Å²) in [5, 5.41) is 6.62. The first-order valence-corrected chi connectivity index (χ1v) is 7.26. The van der Waals surface area contributed by atoms with E-state index in [9.17, 15) is 0 Å². The molecule has 19 heavy (non-hydrogen) atoms. The summed E-state index contributed by atoms with van der Waals surface area (Å²) in [6.45, 7) is 3.86. The number of anilines is 2. The summed E-state index contributed by atoms with van der Waals surface area (Å²) in [7, 11) is 0. The number of aromatic nitrogens is 1. The maximum atomic E-state index is 4.51. The summed E-state index contributed by atoms with van der Waals surface area (Å²) in [5.74, 6) is 1.81. The number of hydrogen-bond donors (Lipinski definition) is 2. The lowest BCUT2D eigenvalue weighted by Crippen LogP contribution is -2.05. The molecule has 0 saturated heterocycles. The Balaban J connectivity index is 1.95. The first-order valence-electron chi connectivity index (χ1n) is 6.47. The Morgan fingerprint density at radius 2 is 1.79 bits per heavy atom. The van der Waals surface area contributed by atoms with Gasteiger partial charge in [0.05, 0.1) is 0 Å². The SMILES string of the molecule is CCCNc1cccc(NCc2cccc(Br)c2)n1. The van der Waals surface area contributed by atoms with Crippen molar-refractivity contribution in [3.05, 3.63) is 52.5 Å². The van der Waals surface area contributed by atoms with Crippen molar-refractivity contribution in [2.24, 2.45) is 0 Å². The van der Waals surface area contributed by atoms with Gasteiger partial charge in [-0.2, -0.15) is 0 Å². The minimum Gasteiger partial charge on any atom is -0.370 e. The van der Waals surface area contributed by atoms with Crippen molar-refractivity contribution in [3.63, 3.8) is 0 Å². The normalized spacial score (nSPS) is 10.2. The Morgan fingerprint density at radius 3 is 2.53 bits per heavy atom. The topological polar surface area (TPSA) is 37.0 Å². The molecule has 0 atom stereocenters. The minimum absolute atomic E-state index is 0.768. The Morgan fingerprint density at radius 1 is 1.05 bits per heavy atom. The second-order valence-electron chi connectivity index (χ2n) is 4.32. The molecule has 0 spiro atoms. The first-order chi connectivity index (χ1) is 9.28. The van der Waals surface area contributed by atoms with Crippen LogP contribution in [0.5, 0.6) is 0 Å². The third-order valence-electron chi connectivity index (χ3n) is 2.67. The molecule has 2 N–H and O–H groups in total. The lowest BCUT2D eigenvalue weighted by Gasteiger charge is -2.09. The van der Waals surface area contributed by atoms with Gasteiger partial charge in [0.25, 0.3) is 0 Å². The van der Waals surface area contributed by atoms with Crippen LogP contribution in [0.25, 0.3) is 0 Å². The molecule has 0 aliphatic carbocycles. The van der Waals surface area contributed by atoms with E-state index in [1.165, 1.54) is 5.56 Å². The van der Waals surface area contributed by atoms with Crippen molar-refractivity contribution >= 4 is 27.6 Å². The molecule has 1 aromatic heterocycles. The third-order valence-corrected chi connectivity index (χ3v) is 3.16. The minimum atomic E-state index is 0.768. The maximum Gasteiger partial charge on any atom is 0.128 e. The van der Waals surface area contributed by atoms with Gasteiger partial charge in [0.1, 0.15) is 11.6 Å². The van der Waals surface area contributed by atoms with E-state index in [1.807, 2.05) is 30.3 Å². The van der Waals surface area contributed by atoms with Crippen molar-refractivity contribution in [1.29, 1.82) is 0 Å². The second-order valence-corrected chi connectivity index (χ2v) is 5.23. The molecule has 0 aliphatic heterocycles. The fourth-order valence-corrected chi connectivity index (χ4v) is 2.17. The number of pyridine rings is 1. The van der Waals surface area contributed by atoms with E-state index in [0.717, 1.165) is 35.6 Å². The van der Waals surface area contributed by atoms with Gasteiger partial charge in [0, 0.05) is 17.6 Å². The number of halogens is 1. The van der Waals surface area contributed by atoms with Crippen LogP contribution in [-0.4, -0.2) is 11.5 Å². The fourth-order valence-electron chi connectivity index (χ4n) is 1.72. The number of nitrogens with zero attached hydrogens (tertiary/aromatic N) is 1. The van der Waals surface area contributed by atoms with Gasteiger partial charge in [-0.1, -0.05) is 41.1 Å². The van der Waals surface area contributed by atoms with Crippen molar-refractivity contribution in [2.45, 2.75) is 19.9 Å². The predicted octanol–water partition coefficient (Wildman–Crippen LogP) is 4.28. The van der Waals surface area contributed by atoms with E-state index in [-0.39, 0.29) is 0 Å². The van der Waals surface area contributed by atoms with Gasteiger partial charge in [-0.3, -0.25) is 0 Å². The smallest absolute Gasteiger partial charge is 0.128 e. The van der Waals surface area contributed by atoms with Crippen LogP contribution < -0.4 is 10.6 Å². The Hall–Kier alpha value is -1.55. The van der Waals surface area contributed by atoms with Crippen molar-refractivity contribution in [2.75, 3.05) is 17.2 Å². The van der Waals surface area contributed by atoms with Crippen LogP contribution in [0.15, 0.2) is 46.9 Å². The second kappa shape index (κ2) is 7.14. The van der Waals surface area contributed by atoms with E-state index in [0.29, 0.717) is 0 Å². The predicted molar refractivity (Wildman–Crippen MR) is 84.5 cm³/mol. The monoisotopic (exact) mass is 319 g/mol. The largest absolute Gasteiger partial charge is 0.370 e. The van der Waals surface area contributed by atoms with Gasteiger partial charge in [-0.05, 0) is 36.2 Å². The summed E-state index contributed by atoms with van der Waals surface area (Å²) in [4.78, 5) is 4.51. The number of nitrogens with one attached hydrogen (secondary N) is 2. The highest BCUT2D eigenvalue weighted by atomic mass is 79.9. The van der Waals surface area contributed by atoms with Crippen molar-refractivity contribution in [3.8, 4) is 0 Å². The lowest BCUT2D eigenvalue weighted by molar-refractivity contribution is 0.968. The summed E-state index contributed by atoms with van der Waals surface area (Å²) in [6.07, 6.45) is 1.09. The number of hydrogen-bond acceptors (Lipinski definition) is 3. The molecule has 100 valence electrons. The van der Waals surface area contributed by atoms with Gasteiger partial charge in [0.15, 0.2) is 0 Å². The Labute approximate surface area is 122 Å². The molecular formula is C15H18BrN3. The van der Waals surface area contributed by atoms with Crippen molar-refractivity contribution in [1.82, 2.24) is 4.98 Å². The Bertz CT molecular complexity index is 528.